The van der Waals surface area contributed by atoms with Crippen molar-refractivity contribution in [3.63, 3.8) is 0 Å². The number of halogens is 2. The van der Waals surface area contributed by atoms with Crippen molar-refractivity contribution in [2.45, 2.75) is 37.4 Å². The Hall–Kier alpha value is -0.580. The number of aromatic nitrogens is 2. The van der Waals surface area contributed by atoms with Gasteiger partial charge in [0.2, 0.25) is 0 Å². The lowest BCUT2D eigenvalue weighted by atomic mass is 10.3. The van der Waals surface area contributed by atoms with E-state index < -0.39 is 10.8 Å². The molecule has 1 heterocycles. The van der Waals surface area contributed by atoms with Crippen molar-refractivity contribution in [1.82, 2.24) is 9.55 Å². The van der Waals surface area contributed by atoms with Crippen LogP contribution in [-0.4, -0.2) is 25.3 Å². The summed E-state index contributed by atoms with van der Waals surface area (Å²) in [6.45, 7) is 4.66. The van der Waals surface area contributed by atoms with E-state index in [1.54, 1.807) is 6.26 Å². The summed E-state index contributed by atoms with van der Waals surface area (Å²) in [5.74, 6) is 0.831. The summed E-state index contributed by atoms with van der Waals surface area (Å²) in [5, 5.41) is 0.640. The van der Waals surface area contributed by atoms with Crippen LogP contribution in [0.1, 0.15) is 31.5 Å². The highest BCUT2D eigenvalue weighted by atomic mass is 35.5. The normalized spacial score (nSPS) is 16.2. The second-order valence-corrected chi connectivity index (χ2v) is 7.86. The molecule has 2 aromatic rings. The summed E-state index contributed by atoms with van der Waals surface area (Å²) in [5.41, 5.74) is 1.87. The molecule has 3 atom stereocenters. The van der Waals surface area contributed by atoms with Gasteiger partial charge in [0.1, 0.15) is 5.82 Å². The van der Waals surface area contributed by atoms with Crippen molar-refractivity contribution < 1.29 is 4.21 Å². The fourth-order valence-electron chi connectivity index (χ4n) is 2.14. The highest BCUT2D eigenvalue weighted by Crippen LogP contribution is 2.27. The first-order valence-corrected chi connectivity index (χ1v) is 8.95. The molecule has 0 fully saturated rings. The molecule has 0 aliphatic carbocycles. The van der Waals surface area contributed by atoms with Crippen LogP contribution in [0.5, 0.6) is 0 Å². The highest BCUT2D eigenvalue weighted by molar-refractivity contribution is 7.84. The standard InChI is InChI=1S/C14H18Cl2N2OS/c1-9(20(3)19)6-7-18-13-5-4-11(16)8-12(13)17-14(18)10(2)15/h4-5,8-10H,6-7H2,1-3H3. The molecule has 1 aromatic carbocycles. The second kappa shape index (κ2) is 6.46. The number of imidazole rings is 1. The van der Waals surface area contributed by atoms with Gasteiger partial charge in [-0.1, -0.05) is 18.5 Å². The molecule has 110 valence electrons. The molecule has 3 nitrogen and oxygen atoms in total. The smallest absolute Gasteiger partial charge is 0.127 e. The van der Waals surface area contributed by atoms with Crippen molar-refractivity contribution in [3.05, 3.63) is 29.0 Å². The summed E-state index contributed by atoms with van der Waals surface area (Å²) in [6, 6.07) is 5.66. The molecule has 3 unspecified atom stereocenters. The van der Waals surface area contributed by atoms with Crippen LogP contribution < -0.4 is 0 Å². The van der Waals surface area contributed by atoms with Gasteiger partial charge < -0.3 is 4.57 Å². The van der Waals surface area contributed by atoms with Crippen LogP contribution in [-0.2, 0) is 17.3 Å². The molecule has 0 saturated heterocycles. The number of aryl methyl sites for hydroxylation is 1. The number of fused-ring (bicyclic) bond motifs is 1. The molecule has 0 aliphatic rings. The molecule has 0 saturated carbocycles. The second-order valence-electron chi connectivity index (χ2n) is 4.97. The molecule has 2 rings (SSSR count). The maximum Gasteiger partial charge on any atom is 0.127 e. The monoisotopic (exact) mass is 332 g/mol. The van der Waals surface area contributed by atoms with Gasteiger partial charge in [0, 0.05) is 33.9 Å². The van der Waals surface area contributed by atoms with Crippen LogP contribution in [0.2, 0.25) is 5.02 Å². The van der Waals surface area contributed by atoms with Gasteiger partial charge in [-0.15, -0.1) is 11.6 Å². The minimum Gasteiger partial charge on any atom is -0.327 e. The SMILES string of the molecule is CC(Cl)c1nc2cc(Cl)ccc2n1CCC(C)S(C)=O. The molecule has 0 amide bonds. The third-order valence-electron chi connectivity index (χ3n) is 3.42. The van der Waals surface area contributed by atoms with E-state index in [0.717, 1.165) is 29.8 Å². The Morgan fingerprint density at radius 3 is 2.70 bits per heavy atom. The lowest BCUT2D eigenvalue weighted by Crippen LogP contribution is -2.14. The average molecular weight is 333 g/mol. The lowest BCUT2D eigenvalue weighted by molar-refractivity contribution is 0.608. The van der Waals surface area contributed by atoms with Crippen LogP contribution >= 0.6 is 23.2 Å². The van der Waals surface area contributed by atoms with E-state index in [0.29, 0.717) is 5.02 Å². The first-order valence-electron chi connectivity index (χ1n) is 6.52. The van der Waals surface area contributed by atoms with E-state index >= 15 is 0 Å². The first-order chi connectivity index (χ1) is 9.40. The third kappa shape index (κ3) is 3.35. The van der Waals surface area contributed by atoms with Gasteiger partial charge in [-0.25, -0.2) is 4.98 Å². The Morgan fingerprint density at radius 2 is 2.10 bits per heavy atom. The molecular weight excluding hydrogens is 315 g/mol. The van der Waals surface area contributed by atoms with Crippen molar-refractivity contribution in [2.24, 2.45) is 0 Å². The van der Waals surface area contributed by atoms with Gasteiger partial charge in [0.25, 0.3) is 0 Å². The van der Waals surface area contributed by atoms with Gasteiger partial charge in [-0.3, -0.25) is 4.21 Å². The van der Waals surface area contributed by atoms with E-state index in [1.807, 2.05) is 32.0 Å². The van der Waals surface area contributed by atoms with Crippen LogP contribution in [0.3, 0.4) is 0 Å². The predicted octanol–water partition coefficient (Wildman–Crippen LogP) is 4.15. The largest absolute Gasteiger partial charge is 0.327 e. The van der Waals surface area contributed by atoms with Crippen LogP contribution in [0.15, 0.2) is 18.2 Å². The molecule has 6 heteroatoms. The Labute approximate surface area is 131 Å². The van der Waals surface area contributed by atoms with Gasteiger partial charge in [-0.2, -0.15) is 0 Å². The summed E-state index contributed by atoms with van der Waals surface area (Å²) in [7, 11) is -0.814. The molecular formula is C14H18Cl2N2OS. The summed E-state index contributed by atoms with van der Waals surface area (Å²) in [6.07, 6.45) is 2.56. The van der Waals surface area contributed by atoms with Gasteiger partial charge in [0.05, 0.1) is 16.4 Å². The zero-order valence-electron chi connectivity index (χ0n) is 11.8. The van der Waals surface area contributed by atoms with E-state index in [4.69, 9.17) is 23.2 Å². The Kier molecular flexibility index (Phi) is 5.10. The van der Waals surface area contributed by atoms with E-state index in [9.17, 15) is 4.21 Å². The van der Waals surface area contributed by atoms with E-state index in [2.05, 4.69) is 9.55 Å². The maximum absolute atomic E-state index is 11.5. The lowest BCUT2D eigenvalue weighted by Gasteiger charge is -2.13. The fourth-order valence-corrected chi connectivity index (χ4v) is 2.91. The summed E-state index contributed by atoms with van der Waals surface area (Å²) < 4.78 is 13.6. The van der Waals surface area contributed by atoms with E-state index in [-0.39, 0.29) is 10.6 Å². The summed E-state index contributed by atoms with van der Waals surface area (Å²) >= 11 is 12.2. The quantitative estimate of drug-likeness (QED) is 0.771. The minimum atomic E-state index is -0.814. The number of nitrogens with zero attached hydrogens (tertiary/aromatic N) is 2. The number of alkyl halides is 1. The van der Waals surface area contributed by atoms with Crippen molar-refractivity contribution in [2.75, 3.05) is 6.26 Å². The molecule has 0 spiro atoms. The Bertz CT molecular complexity index is 639. The van der Waals surface area contributed by atoms with Crippen LogP contribution in [0, 0.1) is 0 Å². The summed E-state index contributed by atoms with van der Waals surface area (Å²) in [4.78, 5) is 4.57. The van der Waals surface area contributed by atoms with E-state index in [1.165, 1.54) is 0 Å². The van der Waals surface area contributed by atoms with Crippen molar-refractivity contribution in [1.29, 1.82) is 0 Å². The third-order valence-corrected chi connectivity index (χ3v) is 5.22. The number of benzene rings is 1. The molecule has 20 heavy (non-hydrogen) atoms. The van der Waals surface area contributed by atoms with Gasteiger partial charge in [-0.05, 0) is 31.5 Å². The first kappa shape index (κ1) is 15.8. The zero-order chi connectivity index (χ0) is 14.9. The zero-order valence-corrected chi connectivity index (χ0v) is 14.1. The topological polar surface area (TPSA) is 34.9 Å². The van der Waals surface area contributed by atoms with Crippen LogP contribution in [0.4, 0.5) is 0 Å². The van der Waals surface area contributed by atoms with Crippen molar-refractivity contribution in [3.8, 4) is 0 Å². The highest BCUT2D eigenvalue weighted by Gasteiger charge is 2.16. The Balaban J connectivity index is 2.38. The molecule has 0 aliphatic heterocycles. The van der Waals surface area contributed by atoms with Crippen LogP contribution in [0.25, 0.3) is 11.0 Å². The molecule has 1 aromatic heterocycles. The molecule has 0 radical (unpaired) electrons. The minimum absolute atomic E-state index is 0.151. The molecule has 0 N–H and O–H groups in total. The predicted molar refractivity (Wildman–Crippen MR) is 87.2 cm³/mol. The van der Waals surface area contributed by atoms with Gasteiger partial charge in [0.15, 0.2) is 0 Å². The van der Waals surface area contributed by atoms with Gasteiger partial charge >= 0.3 is 0 Å². The molecule has 0 bridgehead atoms. The number of hydrogen-bond donors (Lipinski definition) is 0. The number of rotatable bonds is 5. The fraction of sp³-hybridized carbons (Fsp3) is 0.500. The maximum atomic E-state index is 11.5. The Morgan fingerprint density at radius 1 is 1.40 bits per heavy atom. The number of hydrogen-bond acceptors (Lipinski definition) is 2. The average Bonchev–Trinajstić information content (AvgIpc) is 2.73. The van der Waals surface area contributed by atoms with Crippen molar-refractivity contribution >= 4 is 45.0 Å².